The topological polar surface area (TPSA) is 98.0 Å². The van der Waals surface area contributed by atoms with Crippen LogP contribution in [0.4, 0.5) is 15.8 Å². The molecule has 4 rings (SSSR count). The number of carbonyl (C=O) groups is 1. The minimum Gasteiger partial charge on any atom is -0.320 e. The molecule has 0 aliphatic rings. The Hall–Kier alpha value is -3.85. The van der Waals surface area contributed by atoms with Gasteiger partial charge in [0.1, 0.15) is 16.5 Å². The maximum absolute atomic E-state index is 13.9. The second-order valence-electron chi connectivity index (χ2n) is 6.99. The number of nitro benzene ring substituents is 1. The van der Waals surface area contributed by atoms with E-state index < -0.39 is 16.6 Å². The van der Waals surface area contributed by atoms with Gasteiger partial charge < -0.3 is 5.32 Å². The number of benzene rings is 3. The van der Waals surface area contributed by atoms with Crippen molar-refractivity contribution in [2.75, 3.05) is 11.1 Å². The first-order valence-electron chi connectivity index (χ1n) is 9.61. The third-order valence-electron chi connectivity index (χ3n) is 4.65. The number of nitrogens with one attached hydrogen (secondary N) is 1. The van der Waals surface area contributed by atoms with E-state index in [4.69, 9.17) is 0 Å². The fourth-order valence-corrected chi connectivity index (χ4v) is 3.88. The highest BCUT2D eigenvalue weighted by Crippen LogP contribution is 2.30. The van der Waals surface area contributed by atoms with Crippen LogP contribution < -0.4 is 5.32 Å². The van der Waals surface area contributed by atoms with Crippen LogP contribution in [0.3, 0.4) is 0 Å². The van der Waals surface area contributed by atoms with Crippen molar-refractivity contribution in [3.8, 4) is 11.4 Å². The number of nitro groups is 1. The summed E-state index contributed by atoms with van der Waals surface area (Å²) in [4.78, 5) is 32.2. The van der Waals surface area contributed by atoms with Crippen LogP contribution in [0, 0.1) is 22.9 Å². The van der Waals surface area contributed by atoms with E-state index in [0.717, 1.165) is 22.9 Å². The first-order chi connectivity index (χ1) is 15.4. The number of nitrogens with zero attached hydrogens (tertiary/aromatic N) is 3. The maximum Gasteiger partial charge on any atom is 0.292 e. The molecule has 0 saturated heterocycles. The number of aromatic nitrogens is 2. The van der Waals surface area contributed by atoms with Crippen molar-refractivity contribution < 1.29 is 14.1 Å². The van der Waals surface area contributed by atoms with Gasteiger partial charge in [-0.3, -0.25) is 14.9 Å². The number of carbonyl (C=O) groups excluding carboxylic acids is 1. The van der Waals surface area contributed by atoms with Gasteiger partial charge in [0.15, 0.2) is 5.82 Å². The Balaban J connectivity index is 1.62. The third kappa shape index (κ3) is 4.73. The lowest BCUT2D eigenvalue weighted by atomic mass is 10.1. The summed E-state index contributed by atoms with van der Waals surface area (Å²) in [5.41, 5.74) is 2.37. The number of para-hydroxylation sites is 2. The van der Waals surface area contributed by atoms with Gasteiger partial charge in [-0.25, -0.2) is 14.4 Å². The summed E-state index contributed by atoms with van der Waals surface area (Å²) in [6.07, 6.45) is 0. The summed E-state index contributed by atoms with van der Waals surface area (Å²) < 4.78 is 13.9. The summed E-state index contributed by atoms with van der Waals surface area (Å²) in [5.74, 6) is -0.479. The van der Waals surface area contributed by atoms with Crippen molar-refractivity contribution in [1.29, 1.82) is 0 Å². The predicted molar refractivity (Wildman–Crippen MR) is 122 cm³/mol. The van der Waals surface area contributed by atoms with E-state index in [-0.39, 0.29) is 17.1 Å². The van der Waals surface area contributed by atoms with Crippen molar-refractivity contribution >= 4 is 39.9 Å². The largest absolute Gasteiger partial charge is 0.320 e. The first-order valence-corrected chi connectivity index (χ1v) is 10.6. The van der Waals surface area contributed by atoms with E-state index in [1.807, 2.05) is 31.2 Å². The number of amides is 1. The molecule has 9 heteroatoms. The molecule has 32 heavy (non-hydrogen) atoms. The molecule has 1 aromatic heterocycles. The van der Waals surface area contributed by atoms with Crippen LogP contribution >= 0.6 is 11.8 Å². The van der Waals surface area contributed by atoms with Gasteiger partial charge >= 0.3 is 0 Å². The number of aryl methyl sites for hydroxylation is 1. The number of hydrogen-bond donors (Lipinski definition) is 1. The van der Waals surface area contributed by atoms with Crippen molar-refractivity contribution in [2.45, 2.75) is 11.9 Å². The molecule has 0 radical (unpaired) electrons. The average molecular weight is 448 g/mol. The van der Waals surface area contributed by atoms with Gasteiger partial charge in [0.2, 0.25) is 5.91 Å². The highest BCUT2D eigenvalue weighted by atomic mass is 32.2. The van der Waals surface area contributed by atoms with E-state index >= 15 is 0 Å². The van der Waals surface area contributed by atoms with Gasteiger partial charge in [0.25, 0.3) is 5.69 Å². The predicted octanol–water partition coefficient (Wildman–Crippen LogP) is 5.38. The Morgan fingerprint density at radius 2 is 1.84 bits per heavy atom. The second-order valence-corrected chi connectivity index (χ2v) is 7.96. The minimum absolute atomic E-state index is 0.0674. The lowest BCUT2D eigenvalue weighted by molar-refractivity contribution is -0.383. The maximum atomic E-state index is 13.9. The number of rotatable bonds is 6. The Morgan fingerprint density at radius 1 is 1.09 bits per heavy atom. The van der Waals surface area contributed by atoms with Crippen molar-refractivity contribution in [3.05, 3.63) is 88.2 Å². The molecule has 3 aromatic carbocycles. The zero-order valence-electron chi connectivity index (χ0n) is 16.9. The quantitative estimate of drug-likeness (QED) is 0.184. The molecule has 7 nitrogen and oxygen atoms in total. The van der Waals surface area contributed by atoms with Crippen LogP contribution in [0.25, 0.3) is 22.3 Å². The van der Waals surface area contributed by atoms with Crippen LogP contribution in [-0.4, -0.2) is 26.6 Å². The number of halogens is 1. The van der Waals surface area contributed by atoms with Crippen LogP contribution in [0.5, 0.6) is 0 Å². The summed E-state index contributed by atoms with van der Waals surface area (Å²) in [5, 5.41) is 14.6. The SMILES string of the molecule is Cc1ccc(-c2nc(SCC(=O)Nc3ccccc3[N+](=O)[O-])c3cc(F)ccc3n2)cc1. The smallest absolute Gasteiger partial charge is 0.292 e. The molecule has 0 aliphatic carbocycles. The third-order valence-corrected chi connectivity index (χ3v) is 5.64. The van der Waals surface area contributed by atoms with Crippen LogP contribution in [0.1, 0.15) is 5.56 Å². The minimum atomic E-state index is -0.558. The second kappa shape index (κ2) is 9.11. The van der Waals surface area contributed by atoms with Crippen molar-refractivity contribution in [2.24, 2.45) is 0 Å². The Labute approximate surface area is 186 Å². The summed E-state index contributed by atoms with van der Waals surface area (Å²) in [7, 11) is 0. The molecule has 0 atom stereocenters. The molecule has 1 N–H and O–H groups in total. The molecule has 0 fully saturated rings. The molecule has 0 bridgehead atoms. The molecule has 1 amide bonds. The number of fused-ring (bicyclic) bond motifs is 1. The van der Waals surface area contributed by atoms with Crippen LogP contribution in [-0.2, 0) is 4.79 Å². The Bertz CT molecular complexity index is 1330. The van der Waals surface area contributed by atoms with Gasteiger partial charge in [-0.1, -0.05) is 53.7 Å². The van der Waals surface area contributed by atoms with Gasteiger partial charge in [-0.05, 0) is 31.2 Å². The van der Waals surface area contributed by atoms with Crippen LogP contribution in [0.15, 0.2) is 71.8 Å². The number of anilines is 1. The molecule has 0 unspecified atom stereocenters. The number of hydrogen-bond acceptors (Lipinski definition) is 6. The van der Waals surface area contributed by atoms with E-state index in [2.05, 4.69) is 15.3 Å². The molecular formula is C23H17FN4O3S. The molecule has 0 saturated carbocycles. The monoisotopic (exact) mass is 448 g/mol. The lowest BCUT2D eigenvalue weighted by Gasteiger charge is -2.10. The summed E-state index contributed by atoms with van der Waals surface area (Å²) in [6, 6.07) is 17.8. The average Bonchev–Trinajstić information content (AvgIpc) is 2.78. The Kier molecular flexibility index (Phi) is 6.09. The zero-order chi connectivity index (χ0) is 22.7. The highest BCUT2D eigenvalue weighted by Gasteiger charge is 2.16. The van der Waals surface area contributed by atoms with Gasteiger partial charge in [0.05, 0.1) is 16.2 Å². The van der Waals surface area contributed by atoms with Crippen LogP contribution in [0.2, 0.25) is 0 Å². The molecule has 160 valence electrons. The molecule has 4 aromatic rings. The summed E-state index contributed by atoms with van der Waals surface area (Å²) >= 11 is 1.11. The summed E-state index contributed by atoms with van der Waals surface area (Å²) in [6.45, 7) is 1.98. The van der Waals surface area contributed by atoms with Gasteiger partial charge in [-0.15, -0.1) is 0 Å². The molecule has 1 heterocycles. The molecule has 0 spiro atoms. The van der Waals surface area contributed by atoms with E-state index in [0.29, 0.717) is 21.8 Å². The fourth-order valence-electron chi connectivity index (χ4n) is 3.07. The lowest BCUT2D eigenvalue weighted by Crippen LogP contribution is -2.15. The van der Waals surface area contributed by atoms with Crippen molar-refractivity contribution in [1.82, 2.24) is 9.97 Å². The first kappa shape index (κ1) is 21.4. The standard InChI is InChI=1S/C23H17FN4O3S/c1-14-6-8-15(9-7-14)22-26-18-11-10-16(24)12-17(18)23(27-22)32-13-21(29)25-19-4-2-3-5-20(19)28(30)31/h2-12H,13H2,1H3,(H,25,29). The van der Waals surface area contributed by atoms with Gasteiger partial charge in [-0.2, -0.15) is 0 Å². The zero-order valence-corrected chi connectivity index (χ0v) is 17.7. The van der Waals surface area contributed by atoms with E-state index in [1.165, 1.54) is 30.3 Å². The van der Waals surface area contributed by atoms with Crippen molar-refractivity contribution in [3.63, 3.8) is 0 Å². The number of thioether (sulfide) groups is 1. The van der Waals surface area contributed by atoms with E-state index in [9.17, 15) is 19.3 Å². The molecule has 0 aliphatic heterocycles. The molecular weight excluding hydrogens is 431 g/mol. The fraction of sp³-hybridized carbons (Fsp3) is 0.0870. The normalized spacial score (nSPS) is 10.8. The van der Waals surface area contributed by atoms with E-state index in [1.54, 1.807) is 12.1 Å². The van der Waals surface area contributed by atoms with Gasteiger partial charge in [0, 0.05) is 17.0 Å². The Morgan fingerprint density at radius 3 is 2.59 bits per heavy atom. The highest BCUT2D eigenvalue weighted by molar-refractivity contribution is 8.00.